The Hall–Kier alpha value is -3.08. The van der Waals surface area contributed by atoms with Gasteiger partial charge in [0.2, 0.25) is 0 Å². The van der Waals surface area contributed by atoms with Gasteiger partial charge >= 0.3 is 0 Å². The molecule has 0 aliphatic carbocycles. The molecule has 2 aromatic carbocycles. The largest absolute Gasteiger partial charge is 0.483 e. The minimum absolute atomic E-state index is 0.0102. The number of nitrogens with zero attached hydrogens (tertiary/aromatic N) is 2. The van der Waals surface area contributed by atoms with E-state index in [9.17, 15) is 4.79 Å². The second-order valence-electron chi connectivity index (χ2n) is 6.90. The number of carbonyl (C=O) groups excluding carboxylic acids is 1. The van der Waals surface area contributed by atoms with Gasteiger partial charge in [-0.2, -0.15) is 0 Å². The van der Waals surface area contributed by atoms with Crippen LogP contribution >= 0.6 is 0 Å². The number of imidazole rings is 1. The summed E-state index contributed by atoms with van der Waals surface area (Å²) >= 11 is 0. The van der Waals surface area contributed by atoms with E-state index in [0.29, 0.717) is 12.5 Å². The molecule has 0 atom stereocenters. The topological polar surface area (TPSA) is 56.1 Å². The summed E-state index contributed by atoms with van der Waals surface area (Å²) in [5.74, 6) is 0.993. The minimum atomic E-state index is -0.134. The van der Waals surface area contributed by atoms with Crippen molar-refractivity contribution in [2.75, 3.05) is 6.61 Å². The van der Waals surface area contributed by atoms with Gasteiger partial charge in [0, 0.05) is 24.6 Å². The van der Waals surface area contributed by atoms with Crippen LogP contribution in [-0.4, -0.2) is 22.1 Å². The number of hydrogen-bond acceptors (Lipinski definition) is 3. The van der Waals surface area contributed by atoms with Crippen LogP contribution in [0.15, 0.2) is 61.2 Å². The summed E-state index contributed by atoms with van der Waals surface area (Å²) in [7, 11) is 0. The highest BCUT2D eigenvalue weighted by Crippen LogP contribution is 2.27. The molecule has 0 saturated carbocycles. The normalized spacial score (nSPS) is 10.8. The fraction of sp³-hybridized carbons (Fsp3) is 0.273. The molecule has 0 aliphatic rings. The maximum absolute atomic E-state index is 12.2. The number of carbonyl (C=O) groups is 1. The molecule has 3 aromatic rings. The lowest BCUT2D eigenvalue weighted by molar-refractivity contribution is -0.123. The van der Waals surface area contributed by atoms with Crippen LogP contribution in [0.4, 0.5) is 0 Å². The van der Waals surface area contributed by atoms with Gasteiger partial charge in [-0.3, -0.25) is 4.79 Å². The van der Waals surface area contributed by atoms with Crippen molar-refractivity contribution in [3.8, 4) is 11.4 Å². The first-order chi connectivity index (χ1) is 13.0. The summed E-state index contributed by atoms with van der Waals surface area (Å²) in [5.41, 5.74) is 4.30. The van der Waals surface area contributed by atoms with E-state index in [1.54, 1.807) is 12.5 Å². The van der Waals surface area contributed by atoms with Crippen molar-refractivity contribution in [2.45, 2.75) is 33.2 Å². The second-order valence-corrected chi connectivity index (χ2v) is 6.90. The molecule has 0 spiro atoms. The quantitative estimate of drug-likeness (QED) is 0.690. The molecular weight excluding hydrogens is 338 g/mol. The van der Waals surface area contributed by atoms with Crippen molar-refractivity contribution in [3.63, 3.8) is 0 Å². The highest BCUT2D eigenvalue weighted by molar-refractivity contribution is 5.77. The first-order valence-corrected chi connectivity index (χ1v) is 9.10. The Labute approximate surface area is 160 Å². The van der Waals surface area contributed by atoms with E-state index in [0.717, 1.165) is 28.1 Å². The van der Waals surface area contributed by atoms with Gasteiger partial charge in [-0.1, -0.05) is 38.1 Å². The molecule has 0 fully saturated rings. The van der Waals surface area contributed by atoms with Gasteiger partial charge in [0.15, 0.2) is 6.61 Å². The maximum Gasteiger partial charge on any atom is 0.258 e. The SMILES string of the molecule is Cc1ccc(C(C)C)c(OCC(=O)NCc2ccc(-n3ccnc3)cc2)c1. The maximum atomic E-state index is 12.2. The van der Waals surface area contributed by atoms with Crippen LogP contribution in [0.5, 0.6) is 5.75 Å². The average Bonchev–Trinajstić information content (AvgIpc) is 3.19. The third-order valence-corrected chi connectivity index (χ3v) is 4.38. The molecule has 0 unspecified atom stereocenters. The number of nitrogens with one attached hydrogen (secondary N) is 1. The Balaban J connectivity index is 1.52. The van der Waals surface area contributed by atoms with E-state index in [-0.39, 0.29) is 12.5 Å². The lowest BCUT2D eigenvalue weighted by atomic mass is 10.0. The van der Waals surface area contributed by atoms with Crippen molar-refractivity contribution in [2.24, 2.45) is 0 Å². The molecule has 140 valence electrons. The summed E-state index contributed by atoms with van der Waals surface area (Å²) in [6.07, 6.45) is 5.39. The smallest absolute Gasteiger partial charge is 0.258 e. The zero-order chi connectivity index (χ0) is 19.2. The van der Waals surface area contributed by atoms with Crippen LogP contribution in [0, 0.1) is 6.92 Å². The van der Waals surface area contributed by atoms with E-state index < -0.39 is 0 Å². The second kappa shape index (κ2) is 8.54. The highest BCUT2D eigenvalue weighted by Gasteiger charge is 2.10. The number of ether oxygens (including phenoxy) is 1. The van der Waals surface area contributed by atoms with Gasteiger partial charge in [-0.25, -0.2) is 4.98 Å². The predicted molar refractivity (Wildman–Crippen MR) is 106 cm³/mol. The zero-order valence-corrected chi connectivity index (χ0v) is 16.0. The summed E-state index contributed by atoms with van der Waals surface area (Å²) in [6.45, 7) is 6.73. The molecule has 1 N–H and O–H groups in total. The Morgan fingerprint density at radius 3 is 2.63 bits per heavy atom. The molecule has 0 aliphatic heterocycles. The lowest BCUT2D eigenvalue weighted by Crippen LogP contribution is -2.28. The van der Waals surface area contributed by atoms with Gasteiger partial charge in [-0.05, 0) is 47.7 Å². The average molecular weight is 363 g/mol. The van der Waals surface area contributed by atoms with E-state index >= 15 is 0 Å². The van der Waals surface area contributed by atoms with Crippen molar-refractivity contribution >= 4 is 5.91 Å². The molecular formula is C22H25N3O2. The lowest BCUT2D eigenvalue weighted by Gasteiger charge is -2.15. The van der Waals surface area contributed by atoms with Crippen LogP contribution in [0.3, 0.4) is 0 Å². The molecule has 1 aromatic heterocycles. The van der Waals surface area contributed by atoms with Crippen molar-refractivity contribution in [3.05, 3.63) is 77.9 Å². The van der Waals surface area contributed by atoms with Gasteiger partial charge in [0.25, 0.3) is 5.91 Å². The highest BCUT2D eigenvalue weighted by atomic mass is 16.5. The minimum Gasteiger partial charge on any atom is -0.483 e. The van der Waals surface area contributed by atoms with Crippen molar-refractivity contribution in [1.29, 1.82) is 0 Å². The number of amides is 1. The molecule has 1 amide bonds. The van der Waals surface area contributed by atoms with Crippen molar-refractivity contribution < 1.29 is 9.53 Å². The first kappa shape index (κ1) is 18.7. The number of benzene rings is 2. The van der Waals surface area contributed by atoms with E-state index in [2.05, 4.69) is 36.3 Å². The third kappa shape index (κ3) is 4.97. The Kier molecular flexibility index (Phi) is 5.91. The van der Waals surface area contributed by atoms with E-state index in [4.69, 9.17) is 4.74 Å². The van der Waals surface area contributed by atoms with Crippen LogP contribution in [0.25, 0.3) is 5.69 Å². The molecule has 1 heterocycles. The zero-order valence-electron chi connectivity index (χ0n) is 16.0. The van der Waals surface area contributed by atoms with E-state index in [1.165, 1.54) is 0 Å². The molecule has 27 heavy (non-hydrogen) atoms. The van der Waals surface area contributed by atoms with Crippen LogP contribution < -0.4 is 10.1 Å². The molecule has 0 radical (unpaired) electrons. The van der Waals surface area contributed by atoms with Crippen LogP contribution in [-0.2, 0) is 11.3 Å². The number of rotatable bonds is 7. The molecule has 5 heteroatoms. The number of hydrogen-bond donors (Lipinski definition) is 1. The third-order valence-electron chi connectivity index (χ3n) is 4.38. The van der Waals surface area contributed by atoms with Gasteiger partial charge in [0.05, 0.1) is 6.33 Å². The Morgan fingerprint density at radius 1 is 1.19 bits per heavy atom. The first-order valence-electron chi connectivity index (χ1n) is 9.10. The number of aryl methyl sites for hydroxylation is 1. The van der Waals surface area contributed by atoms with Crippen LogP contribution in [0.1, 0.15) is 36.5 Å². The van der Waals surface area contributed by atoms with E-state index in [1.807, 2.05) is 48.0 Å². The molecule has 5 nitrogen and oxygen atoms in total. The Morgan fingerprint density at radius 2 is 1.96 bits per heavy atom. The fourth-order valence-corrected chi connectivity index (χ4v) is 2.84. The molecule has 3 rings (SSSR count). The Bertz CT molecular complexity index is 884. The molecule has 0 saturated heterocycles. The van der Waals surface area contributed by atoms with Gasteiger partial charge in [0.1, 0.15) is 5.75 Å². The summed E-state index contributed by atoms with van der Waals surface area (Å²) in [5, 5.41) is 2.90. The van der Waals surface area contributed by atoms with Crippen LogP contribution in [0.2, 0.25) is 0 Å². The summed E-state index contributed by atoms with van der Waals surface area (Å²) in [6, 6.07) is 14.1. The van der Waals surface area contributed by atoms with Crippen molar-refractivity contribution in [1.82, 2.24) is 14.9 Å². The predicted octanol–water partition coefficient (Wildman–Crippen LogP) is 4.00. The summed E-state index contributed by atoms with van der Waals surface area (Å²) < 4.78 is 7.71. The standard InChI is InChI=1S/C22H25N3O2/c1-16(2)20-9-4-17(3)12-21(20)27-14-22(26)24-13-18-5-7-19(8-6-18)25-11-10-23-15-25/h4-12,15-16H,13-14H2,1-3H3,(H,24,26). The fourth-order valence-electron chi connectivity index (χ4n) is 2.84. The summed E-state index contributed by atoms with van der Waals surface area (Å²) in [4.78, 5) is 16.2. The molecule has 0 bridgehead atoms. The van der Waals surface area contributed by atoms with Gasteiger partial charge < -0.3 is 14.6 Å². The monoisotopic (exact) mass is 363 g/mol. The number of aromatic nitrogens is 2. The van der Waals surface area contributed by atoms with Gasteiger partial charge in [-0.15, -0.1) is 0 Å².